The Bertz CT molecular complexity index is 626. The van der Waals surface area contributed by atoms with Crippen LogP contribution in [-0.2, 0) is 14.3 Å². The van der Waals surface area contributed by atoms with E-state index in [1.165, 1.54) is 0 Å². The lowest BCUT2D eigenvalue weighted by atomic mass is 9.87. The largest absolute Gasteiger partial charge is 0.381 e. The summed E-state index contributed by atoms with van der Waals surface area (Å²) in [7, 11) is 0. The molecule has 2 fully saturated rings. The van der Waals surface area contributed by atoms with E-state index in [0.717, 1.165) is 18.4 Å². The van der Waals surface area contributed by atoms with Crippen LogP contribution < -0.4 is 11.1 Å². The second kappa shape index (κ2) is 7.49. The molecule has 3 heterocycles. The molecule has 2 amide bonds. The summed E-state index contributed by atoms with van der Waals surface area (Å²) in [5.74, 6) is 0.164. The number of hydrogen-bond acceptors (Lipinski definition) is 5. The Morgan fingerprint density at radius 2 is 2.12 bits per heavy atom. The molecule has 2 aliphatic heterocycles. The third kappa shape index (κ3) is 4.16. The Morgan fingerprint density at radius 1 is 1.36 bits per heavy atom. The van der Waals surface area contributed by atoms with Gasteiger partial charge in [-0.3, -0.25) is 9.59 Å². The van der Waals surface area contributed by atoms with Crippen LogP contribution in [0, 0.1) is 12.8 Å². The number of aryl methyl sites for hydroxylation is 1. The lowest BCUT2D eigenvalue weighted by molar-refractivity contribution is -0.143. The highest BCUT2D eigenvalue weighted by molar-refractivity contribution is 5.93. The minimum Gasteiger partial charge on any atom is -0.381 e. The summed E-state index contributed by atoms with van der Waals surface area (Å²) in [6.07, 6.45) is 4.36. The minimum absolute atomic E-state index is 0.0539. The second-order valence-electron chi connectivity index (χ2n) is 7.07. The first-order valence-corrected chi connectivity index (χ1v) is 8.87. The van der Waals surface area contributed by atoms with Crippen molar-refractivity contribution in [2.75, 3.05) is 31.6 Å². The number of amides is 2. The van der Waals surface area contributed by atoms with Crippen LogP contribution in [0.15, 0.2) is 18.3 Å². The van der Waals surface area contributed by atoms with Gasteiger partial charge in [0.1, 0.15) is 5.82 Å². The molecule has 3 N–H and O–H groups in total. The first kappa shape index (κ1) is 17.8. The smallest absolute Gasteiger partial charge is 0.242 e. The number of likely N-dealkylation sites (tertiary alicyclic amines) is 1. The van der Waals surface area contributed by atoms with Gasteiger partial charge in [-0.15, -0.1) is 0 Å². The predicted octanol–water partition coefficient (Wildman–Crippen LogP) is 1.08. The fourth-order valence-electron chi connectivity index (χ4n) is 3.41. The van der Waals surface area contributed by atoms with Crippen LogP contribution in [0.5, 0.6) is 0 Å². The molecule has 3 rings (SSSR count). The highest BCUT2D eigenvalue weighted by Gasteiger charge is 2.41. The van der Waals surface area contributed by atoms with Gasteiger partial charge in [-0.05, 0) is 44.2 Å². The molecule has 0 saturated carbocycles. The van der Waals surface area contributed by atoms with E-state index in [0.29, 0.717) is 45.0 Å². The van der Waals surface area contributed by atoms with Crippen molar-refractivity contribution in [3.05, 3.63) is 23.9 Å². The standard InChI is InChI=1S/C18H26N4O3/c1-13-4-5-15(20-11-13)21-16(23)14-3-2-8-22(12-14)17(24)18(19)6-9-25-10-7-18/h4-5,11,14H,2-3,6-10,12,19H2,1H3,(H,20,21,23). The number of nitrogens with zero attached hydrogens (tertiary/aromatic N) is 2. The number of anilines is 1. The zero-order valence-electron chi connectivity index (χ0n) is 14.7. The van der Waals surface area contributed by atoms with Crippen molar-refractivity contribution in [2.24, 2.45) is 11.7 Å². The molecule has 1 unspecified atom stereocenters. The van der Waals surface area contributed by atoms with Gasteiger partial charge in [0.25, 0.3) is 0 Å². The Balaban J connectivity index is 1.61. The molecule has 0 aliphatic carbocycles. The maximum atomic E-state index is 12.8. The fourth-order valence-corrected chi connectivity index (χ4v) is 3.41. The monoisotopic (exact) mass is 346 g/mol. The first-order chi connectivity index (χ1) is 12.0. The van der Waals surface area contributed by atoms with Crippen molar-refractivity contribution in [3.63, 3.8) is 0 Å². The van der Waals surface area contributed by atoms with Crippen molar-refractivity contribution < 1.29 is 14.3 Å². The Hall–Kier alpha value is -1.99. The summed E-state index contributed by atoms with van der Waals surface area (Å²) in [4.78, 5) is 31.3. The third-order valence-electron chi connectivity index (χ3n) is 5.05. The van der Waals surface area contributed by atoms with Crippen LogP contribution in [-0.4, -0.2) is 53.5 Å². The molecule has 7 nitrogen and oxygen atoms in total. The number of nitrogens with two attached hydrogens (primary N) is 1. The molecule has 2 aliphatic rings. The van der Waals surface area contributed by atoms with Crippen LogP contribution >= 0.6 is 0 Å². The number of nitrogens with one attached hydrogen (secondary N) is 1. The SMILES string of the molecule is Cc1ccc(NC(=O)C2CCCN(C(=O)C3(N)CCOCC3)C2)nc1. The fraction of sp³-hybridized carbons (Fsp3) is 0.611. The maximum absolute atomic E-state index is 12.8. The summed E-state index contributed by atoms with van der Waals surface area (Å²) in [6, 6.07) is 3.69. The van der Waals surface area contributed by atoms with E-state index in [2.05, 4.69) is 10.3 Å². The van der Waals surface area contributed by atoms with Crippen molar-refractivity contribution >= 4 is 17.6 Å². The molecule has 1 aromatic rings. The van der Waals surface area contributed by atoms with Gasteiger partial charge in [0, 0.05) is 32.5 Å². The average Bonchev–Trinajstić information content (AvgIpc) is 2.63. The summed E-state index contributed by atoms with van der Waals surface area (Å²) < 4.78 is 5.31. The van der Waals surface area contributed by atoms with Gasteiger partial charge in [0.2, 0.25) is 11.8 Å². The second-order valence-corrected chi connectivity index (χ2v) is 7.07. The molecule has 0 aromatic carbocycles. The number of piperidine rings is 1. The molecule has 136 valence electrons. The highest BCUT2D eigenvalue weighted by atomic mass is 16.5. The Morgan fingerprint density at radius 3 is 2.80 bits per heavy atom. The van der Waals surface area contributed by atoms with E-state index >= 15 is 0 Å². The first-order valence-electron chi connectivity index (χ1n) is 8.87. The van der Waals surface area contributed by atoms with Crippen molar-refractivity contribution in [3.8, 4) is 0 Å². The molecular weight excluding hydrogens is 320 g/mol. The van der Waals surface area contributed by atoms with E-state index in [9.17, 15) is 9.59 Å². The third-order valence-corrected chi connectivity index (χ3v) is 5.05. The van der Waals surface area contributed by atoms with Crippen LogP contribution in [0.1, 0.15) is 31.2 Å². The molecule has 0 radical (unpaired) electrons. The molecule has 0 bridgehead atoms. The molecule has 1 aromatic heterocycles. The summed E-state index contributed by atoms with van der Waals surface area (Å²) in [5.41, 5.74) is 6.50. The van der Waals surface area contributed by atoms with E-state index < -0.39 is 5.54 Å². The van der Waals surface area contributed by atoms with E-state index in [1.54, 1.807) is 17.2 Å². The average molecular weight is 346 g/mol. The van der Waals surface area contributed by atoms with Crippen LogP contribution in [0.4, 0.5) is 5.82 Å². The number of rotatable bonds is 3. The normalized spacial score (nSPS) is 23.1. The number of pyridine rings is 1. The predicted molar refractivity (Wildman–Crippen MR) is 93.9 cm³/mol. The van der Waals surface area contributed by atoms with Gasteiger partial charge in [0.05, 0.1) is 11.5 Å². The van der Waals surface area contributed by atoms with Crippen LogP contribution in [0.3, 0.4) is 0 Å². The maximum Gasteiger partial charge on any atom is 0.242 e. The number of carbonyl (C=O) groups excluding carboxylic acids is 2. The molecule has 25 heavy (non-hydrogen) atoms. The lowest BCUT2D eigenvalue weighted by Crippen LogP contribution is -2.60. The highest BCUT2D eigenvalue weighted by Crippen LogP contribution is 2.25. The van der Waals surface area contributed by atoms with Crippen LogP contribution in [0.2, 0.25) is 0 Å². The Kier molecular flexibility index (Phi) is 5.34. The molecular formula is C18H26N4O3. The van der Waals surface area contributed by atoms with Gasteiger partial charge in [-0.2, -0.15) is 0 Å². The van der Waals surface area contributed by atoms with E-state index in [1.807, 2.05) is 13.0 Å². The van der Waals surface area contributed by atoms with Crippen molar-refractivity contribution in [1.29, 1.82) is 0 Å². The minimum atomic E-state index is -0.852. The number of ether oxygens (including phenoxy) is 1. The Labute approximate surface area is 147 Å². The van der Waals surface area contributed by atoms with Gasteiger partial charge >= 0.3 is 0 Å². The molecule has 7 heteroatoms. The zero-order chi connectivity index (χ0) is 17.9. The molecule has 0 spiro atoms. The van der Waals surface area contributed by atoms with Gasteiger partial charge in [-0.25, -0.2) is 4.98 Å². The van der Waals surface area contributed by atoms with E-state index in [-0.39, 0.29) is 17.7 Å². The van der Waals surface area contributed by atoms with Crippen molar-refractivity contribution in [2.45, 2.75) is 38.1 Å². The summed E-state index contributed by atoms with van der Waals surface area (Å²) in [5, 5.41) is 2.85. The summed E-state index contributed by atoms with van der Waals surface area (Å²) in [6.45, 7) is 4.04. The van der Waals surface area contributed by atoms with E-state index in [4.69, 9.17) is 10.5 Å². The van der Waals surface area contributed by atoms with Crippen molar-refractivity contribution in [1.82, 2.24) is 9.88 Å². The molecule has 2 saturated heterocycles. The number of aromatic nitrogens is 1. The quantitative estimate of drug-likeness (QED) is 0.853. The summed E-state index contributed by atoms with van der Waals surface area (Å²) >= 11 is 0. The zero-order valence-corrected chi connectivity index (χ0v) is 14.7. The number of hydrogen-bond donors (Lipinski definition) is 2. The topological polar surface area (TPSA) is 97.6 Å². The van der Waals surface area contributed by atoms with Crippen LogP contribution in [0.25, 0.3) is 0 Å². The molecule has 1 atom stereocenters. The van der Waals surface area contributed by atoms with Gasteiger partial charge in [0.15, 0.2) is 0 Å². The van der Waals surface area contributed by atoms with Gasteiger partial charge < -0.3 is 20.7 Å². The number of carbonyl (C=O) groups is 2. The lowest BCUT2D eigenvalue weighted by Gasteiger charge is -2.40. The van der Waals surface area contributed by atoms with Gasteiger partial charge in [-0.1, -0.05) is 6.07 Å².